The topological polar surface area (TPSA) is 83.4 Å². The molecule has 116 valence electrons. The van der Waals surface area contributed by atoms with Gasteiger partial charge in [0.25, 0.3) is 5.91 Å². The van der Waals surface area contributed by atoms with Gasteiger partial charge in [-0.2, -0.15) is 0 Å². The third kappa shape index (κ3) is 4.08. The summed E-state index contributed by atoms with van der Waals surface area (Å²) in [7, 11) is 0. The average molecular weight is 305 g/mol. The van der Waals surface area contributed by atoms with E-state index in [4.69, 9.17) is 4.42 Å². The molecule has 1 heterocycles. The first-order valence-electron chi connectivity index (χ1n) is 6.69. The monoisotopic (exact) mass is 305 g/mol. The molecule has 0 radical (unpaired) electrons. The van der Waals surface area contributed by atoms with E-state index in [1.54, 1.807) is 25.1 Å². The van der Waals surface area contributed by atoms with Crippen LogP contribution in [-0.4, -0.2) is 18.5 Å². The van der Waals surface area contributed by atoms with Crippen molar-refractivity contribution in [3.8, 4) is 0 Å². The second-order valence-electron chi connectivity index (χ2n) is 4.57. The van der Waals surface area contributed by atoms with E-state index in [1.807, 2.05) is 0 Å². The molecule has 0 unspecified atom stereocenters. The summed E-state index contributed by atoms with van der Waals surface area (Å²) in [6.07, 6.45) is 1.74. The van der Waals surface area contributed by atoms with Crippen LogP contribution in [0.3, 0.4) is 0 Å². The van der Waals surface area contributed by atoms with Gasteiger partial charge >= 0.3 is 6.03 Å². The molecular weight excluding hydrogens is 289 g/mol. The number of aryl methyl sites for hydroxylation is 1. The number of nitrogens with one attached hydrogen (secondary N) is 3. The van der Waals surface area contributed by atoms with Gasteiger partial charge in [0.15, 0.2) is 0 Å². The molecule has 1 aromatic heterocycles. The van der Waals surface area contributed by atoms with Crippen LogP contribution in [0.1, 0.15) is 21.7 Å². The summed E-state index contributed by atoms with van der Waals surface area (Å²) in [5.74, 6) is -0.330. The molecule has 7 heteroatoms. The summed E-state index contributed by atoms with van der Waals surface area (Å²) in [6.45, 7) is 1.89. The molecule has 0 saturated heterocycles. The number of halogens is 1. The maximum atomic E-state index is 13.4. The SMILES string of the molecule is Cc1occc1C(=O)NNC(=O)NCCc1ccccc1F. The lowest BCUT2D eigenvalue weighted by Gasteiger charge is -2.09. The summed E-state index contributed by atoms with van der Waals surface area (Å²) in [4.78, 5) is 23.2. The van der Waals surface area contributed by atoms with E-state index in [0.29, 0.717) is 23.3 Å². The number of hydrogen-bond acceptors (Lipinski definition) is 3. The van der Waals surface area contributed by atoms with Gasteiger partial charge in [0.05, 0.1) is 11.8 Å². The van der Waals surface area contributed by atoms with Crippen LogP contribution < -0.4 is 16.2 Å². The van der Waals surface area contributed by atoms with Crippen molar-refractivity contribution in [3.63, 3.8) is 0 Å². The highest BCUT2D eigenvalue weighted by molar-refractivity contribution is 5.95. The lowest BCUT2D eigenvalue weighted by atomic mass is 10.1. The van der Waals surface area contributed by atoms with Crippen LogP contribution >= 0.6 is 0 Å². The van der Waals surface area contributed by atoms with Gasteiger partial charge < -0.3 is 9.73 Å². The molecule has 0 aliphatic carbocycles. The molecule has 0 aliphatic heterocycles. The summed E-state index contributed by atoms with van der Waals surface area (Å²) in [6, 6.07) is 7.27. The zero-order chi connectivity index (χ0) is 15.9. The van der Waals surface area contributed by atoms with Crippen molar-refractivity contribution in [2.24, 2.45) is 0 Å². The molecule has 6 nitrogen and oxygen atoms in total. The molecule has 22 heavy (non-hydrogen) atoms. The Bertz CT molecular complexity index is 670. The van der Waals surface area contributed by atoms with E-state index >= 15 is 0 Å². The van der Waals surface area contributed by atoms with Gasteiger partial charge in [-0.1, -0.05) is 18.2 Å². The van der Waals surface area contributed by atoms with Crippen LogP contribution in [0.5, 0.6) is 0 Å². The highest BCUT2D eigenvalue weighted by atomic mass is 19.1. The number of amides is 3. The van der Waals surface area contributed by atoms with E-state index in [1.165, 1.54) is 18.4 Å². The Kier molecular flexibility index (Phi) is 5.13. The van der Waals surface area contributed by atoms with Gasteiger partial charge in [0, 0.05) is 6.54 Å². The molecule has 3 amide bonds. The van der Waals surface area contributed by atoms with E-state index in [2.05, 4.69) is 16.2 Å². The minimum absolute atomic E-state index is 0.243. The van der Waals surface area contributed by atoms with E-state index < -0.39 is 11.9 Å². The van der Waals surface area contributed by atoms with Crippen LogP contribution in [0.4, 0.5) is 9.18 Å². The molecule has 0 bridgehead atoms. The Labute approximate surface area is 126 Å². The van der Waals surface area contributed by atoms with Crippen molar-refractivity contribution < 1.29 is 18.4 Å². The predicted molar refractivity (Wildman–Crippen MR) is 77.5 cm³/mol. The Hall–Kier alpha value is -2.83. The first-order chi connectivity index (χ1) is 10.6. The fraction of sp³-hybridized carbons (Fsp3) is 0.200. The standard InChI is InChI=1S/C15H16FN3O3/c1-10-12(7-9-22-10)14(20)18-19-15(21)17-8-6-11-4-2-3-5-13(11)16/h2-5,7,9H,6,8H2,1H3,(H,18,20)(H2,17,19,21). The summed E-state index contributed by atoms with van der Waals surface area (Å²) >= 11 is 0. The van der Waals surface area contributed by atoms with Gasteiger partial charge in [-0.05, 0) is 31.0 Å². The summed E-state index contributed by atoms with van der Waals surface area (Å²) in [5, 5.41) is 2.52. The minimum Gasteiger partial charge on any atom is -0.469 e. The van der Waals surface area contributed by atoms with Crippen LogP contribution in [0.25, 0.3) is 0 Å². The van der Waals surface area contributed by atoms with E-state index in [9.17, 15) is 14.0 Å². The Morgan fingerprint density at radius 1 is 1.18 bits per heavy atom. The van der Waals surface area contributed by atoms with E-state index in [0.717, 1.165) is 0 Å². The Morgan fingerprint density at radius 2 is 1.95 bits per heavy atom. The van der Waals surface area contributed by atoms with Crippen LogP contribution in [0, 0.1) is 12.7 Å². The number of hydrogen-bond donors (Lipinski definition) is 3. The smallest absolute Gasteiger partial charge is 0.333 e. The highest BCUT2D eigenvalue weighted by Crippen LogP contribution is 2.07. The van der Waals surface area contributed by atoms with Crippen molar-refractivity contribution in [3.05, 3.63) is 59.3 Å². The molecule has 0 aliphatic rings. The zero-order valence-corrected chi connectivity index (χ0v) is 12.0. The number of furan rings is 1. The number of benzene rings is 1. The summed E-state index contributed by atoms with van der Waals surface area (Å²) < 4.78 is 18.4. The average Bonchev–Trinajstić information content (AvgIpc) is 2.93. The molecule has 2 rings (SSSR count). The summed E-state index contributed by atoms with van der Waals surface area (Å²) in [5.41, 5.74) is 5.32. The number of urea groups is 1. The second kappa shape index (κ2) is 7.26. The van der Waals surface area contributed by atoms with Crippen molar-refractivity contribution in [1.29, 1.82) is 0 Å². The first-order valence-corrected chi connectivity index (χ1v) is 6.69. The van der Waals surface area contributed by atoms with Crippen molar-refractivity contribution in [2.75, 3.05) is 6.54 Å². The molecule has 1 aromatic carbocycles. The molecule has 0 fully saturated rings. The predicted octanol–water partition coefficient (Wildman–Crippen LogP) is 1.91. The van der Waals surface area contributed by atoms with Gasteiger partial charge in [-0.3, -0.25) is 10.2 Å². The number of carbonyl (C=O) groups excluding carboxylic acids is 2. The normalized spacial score (nSPS) is 10.1. The fourth-order valence-corrected chi connectivity index (χ4v) is 1.86. The lowest BCUT2D eigenvalue weighted by Crippen LogP contribution is -2.47. The van der Waals surface area contributed by atoms with Gasteiger partial charge in [0.2, 0.25) is 0 Å². The van der Waals surface area contributed by atoms with Crippen LogP contribution in [-0.2, 0) is 6.42 Å². The number of carbonyl (C=O) groups is 2. The maximum absolute atomic E-state index is 13.4. The number of rotatable bonds is 4. The minimum atomic E-state index is -0.578. The third-order valence-electron chi connectivity index (χ3n) is 3.03. The third-order valence-corrected chi connectivity index (χ3v) is 3.03. The van der Waals surface area contributed by atoms with Gasteiger partial charge in [0.1, 0.15) is 11.6 Å². The maximum Gasteiger partial charge on any atom is 0.333 e. The highest BCUT2D eigenvalue weighted by Gasteiger charge is 2.11. The van der Waals surface area contributed by atoms with Crippen molar-refractivity contribution in [1.82, 2.24) is 16.2 Å². The van der Waals surface area contributed by atoms with Crippen molar-refractivity contribution in [2.45, 2.75) is 13.3 Å². The Balaban J connectivity index is 1.71. The first kappa shape index (κ1) is 15.6. The molecule has 0 spiro atoms. The molecule has 0 saturated carbocycles. The molecular formula is C15H16FN3O3. The van der Waals surface area contributed by atoms with Crippen molar-refractivity contribution >= 4 is 11.9 Å². The quantitative estimate of drug-likeness (QED) is 0.755. The van der Waals surface area contributed by atoms with Gasteiger partial charge in [-0.15, -0.1) is 0 Å². The van der Waals surface area contributed by atoms with Crippen LogP contribution in [0.15, 0.2) is 41.0 Å². The fourth-order valence-electron chi connectivity index (χ4n) is 1.86. The molecule has 0 atom stereocenters. The second-order valence-corrected chi connectivity index (χ2v) is 4.57. The zero-order valence-electron chi connectivity index (χ0n) is 12.0. The Morgan fingerprint density at radius 3 is 2.64 bits per heavy atom. The largest absolute Gasteiger partial charge is 0.469 e. The van der Waals surface area contributed by atoms with Gasteiger partial charge in [-0.25, -0.2) is 14.6 Å². The number of hydrazine groups is 1. The molecule has 3 N–H and O–H groups in total. The van der Waals surface area contributed by atoms with E-state index in [-0.39, 0.29) is 12.4 Å². The van der Waals surface area contributed by atoms with Crippen LogP contribution in [0.2, 0.25) is 0 Å². The molecule has 2 aromatic rings. The lowest BCUT2D eigenvalue weighted by molar-refractivity contribution is 0.0934.